The van der Waals surface area contributed by atoms with Crippen molar-refractivity contribution < 1.29 is 14.6 Å². The Labute approximate surface area is 108 Å². The molecule has 0 saturated carbocycles. The van der Waals surface area contributed by atoms with Crippen LogP contribution in [0.25, 0.3) is 0 Å². The van der Waals surface area contributed by atoms with Crippen LogP contribution in [0.2, 0.25) is 0 Å². The molecule has 0 fully saturated rings. The second-order valence-corrected chi connectivity index (χ2v) is 4.51. The topological polar surface area (TPSA) is 58.6 Å². The number of phenols is 1. The number of nitrogens with one attached hydrogen (secondary N) is 1. The zero-order chi connectivity index (χ0) is 12.1. The van der Waals surface area contributed by atoms with Gasteiger partial charge in [0.05, 0.1) is 10.7 Å². The van der Waals surface area contributed by atoms with Crippen molar-refractivity contribution in [3.63, 3.8) is 0 Å². The fraction of sp³-hybridized carbons (Fsp3) is 0.364. The Morgan fingerprint density at radius 1 is 1.56 bits per heavy atom. The van der Waals surface area contributed by atoms with Crippen LogP contribution in [-0.2, 0) is 11.2 Å². The molecule has 1 aromatic rings. The Morgan fingerprint density at radius 3 is 2.81 bits per heavy atom. The summed E-state index contributed by atoms with van der Waals surface area (Å²) >= 11 is 2.10. The second kappa shape index (κ2) is 5.93. The van der Waals surface area contributed by atoms with Crippen molar-refractivity contribution in [3.8, 4) is 11.5 Å². The lowest BCUT2D eigenvalue weighted by molar-refractivity contribution is -0.118. The molecule has 0 bridgehead atoms. The lowest BCUT2D eigenvalue weighted by Gasteiger charge is -2.09. The highest BCUT2D eigenvalue weighted by Crippen LogP contribution is 2.29. The normalized spacial score (nSPS) is 9.94. The first-order valence-corrected chi connectivity index (χ1v) is 5.92. The lowest BCUT2D eigenvalue weighted by atomic mass is 10.1. The molecule has 1 rings (SSSR count). The van der Waals surface area contributed by atoms with Crippen LogP contribution in [0.4, 0.5) is 0 Å². The van der Waals surface area contributed by atoms with Crippen LogP contribution in [0.3, 0.4) is 0 Å². The lowest BCUT2D eigenvalue weighted by Crippen LogP contribution is -2.22. The summed E-state index contributed by atoms with van der Waals surface area (Å²) in [4.78, 5) is 10.7. The Bertz CT molecular complexity index is 393. The van der Waals surface area contributed by atoms with Gasteiger partial charge < -0.3 is 15.2 Å². The van der Waals surface area contributed by atoms with Crippen molar-refractivity contribution in [2.75, 3.05) is 13.7 Å². The minimum absolute atomic E-state index is 0.0723. The van der Waals surface area contributed by atoms with Gasteiger partial charge >= 0.3 is 0 Å². The van der Waals surface area contributed by atoms with Crippen LogP contribution in [-0.4, -0.2) is 24.7 Å². The van der Waals surface area contributed by atoms with Gasteiger partial charge in [-0.25, -0.2) is 0 Å². The van der Waals surface area contributed by atoms with Crippen LogP contribution in [0.5, 0.6) is 11.5 Å². The highest BCUT2D eigenvalue weighted by atomic mass is 127. The number of carbonyl (C=O) groups excluding carboxylic acids is 1. The van der Waals surface area contributed by atoms with Crippen LogP contribution in [0, 0.1) is 3.57 Å². The maximum absolute atomic E-state index is 10.7. The van der Waals surface area contributed by atoms with E-state index in [1.807, 2.05) is 0 Å². The Kier molecular flexibility index (Phi) is 4.85. The SMILES string of the molecule is COc1cc(CCNC(C)=O)c(O)cc1I. The minimum atomic E-state index is -0.0723. The molecule has 0 spiro atoms. The first-order chi connectivity index (χ1) is 7.54. The largest absolute Gasteiger partial charge is 0.508 e. The number of rotatable bonds is 4. The van der Waals surface area contributed by atoms with Crippen LogP contribution in [0.15, 0.2) is 12.1 Å². The highest BCUT2D eigenvalue weighted by molar-refractivity contribution is 14.1. The van der Waals surface area contributed by atoms with E-state index in [0.29, 0.717) is 13.0 Å². The summed E-state index contributed by atoms with van der Waals surface area (Å²) in [5.74, 6) is 0.892. The van der Waals surface area contributed by atoms with Crippen molar-refractivity contribution >= 4 is 28.5 Å². The van der Waals surface area contributed by atoms with E-state index in [1.54, 1.807) is 19.2 Å². The minimum Gasteiger partial charge on any atom is -0.508 e. The molecular weight excluding hydrogens is 321 g/mol. The number of methoxy groups -OCH3 is 1. The fourth-order valence-electron chi connectivity index (χ4n) is 1.31. The zero-order valence-corrected chi connectivity index (χ0v) is 11.4. The van der Waals surface area contributed by atoms with Gasteiger partial charge in [-0.3, -0.25) is 4.79 Å². The molecule has 0 atom stereocenters. The van der Waals surface area contributed by atoms with Crippen molar-refractivity contribution in [2.45, 2.75) is 13.3 Å². The maximum atomic E-state index is 10.7. The molecule has 0 saturated heterocycles. The second-order valence-electron chi connectivity index (χ2n) is 3.35. The third kappa shape index (κ3) is 3.55. The summed E-state index contributed by atoms with van der Waals surface area (Å²) in [6.45, 7) is 1.97. The van der Waals surface area contributed by atoms with Gasteiger partial charge in [0.25, 0.3) is 0 Å². The highest BCUT2D eigenvalue weighted by Gasteiger charge is 2.07. The third-order valence-corrected chi connectivity index (χ3v) is 2.96. The summed E-state index contributed by atoms with van der Waals surface area (Å²) in [6, 6.07) is 3.45. The predicted octanol–water partition coefficient (Wildman–Crippen LogP) is 1.68. The van der Waals surface area contributed by atoms with Crippen molar-refractivity contribution in [3.05, 3.63) is 21.3 Å². The Morgan fingerprint density at radius 2 is 2.25 bits per heavy atom. The summed E-state index contributed by atoms with van der Waals surface area (Å²) in [5, 5.41) is 12.4. The molecule has 0 aliphatic heterocycles. The van der Waals surface area contributed by atoms with Crippen LogP contribution in [0.1, 0.15) is 12.5 Å². The molecule has 4 nitrogen and oxygen atoms in total. The number of aromatic hydroxyl groups is 1. The number of benzene rings is 1. The molecular formula is C11H14INO3. The molecule has 0 unspecified atom stereocenters. The van der Waals surface area contributed by atoms with Gasteiger partial charge in [0.1, 0.15) is 11.5 Å². The maximum Gasteiger partial charge on any atom is 0.216 e. The van der Waals surface area contributed by atoms with E-state index in [4.69, 9.17) is 4.74 Å². The number of hydrogen-bond donors (Lipinski definition) is 2. The van der Waals surface area contributed by atoms with E-state index in [2.05, 4.69) is 27.9 Å². The molecule has 1 aromatic carbocycles. The molecule has 5 heteroatoms. The predicted molar refractivity (Wildman–Crippen MR) is 69.8 cm³/mol. The van der Waals surface area contributed by atoms with E-state index >= 15 is 0 Å². The van der Waals surface area contributed by atoms with Crippen LogP contribution < -0.4 is 10.1 Å². The standard InChI is InChI=1S/C11H14INO3/c1-7(14)13-4-3-8-5-11(16-2)9(12)6-10(8)15/h5-6,15H,3-4H2,1-2H3,(H,13,14). The molecule has 0 heterocycles. The quantitative estimate of drug-likeness (QED) is 0.824. The molecule has 0 aromatic heterocycles. The summed E-state index contributed by atoms with van der Waals surface area (Å²) in [6.07, 6.45) is 0.582. The van der Waals surface area contributed by atoms with Gasteiger partial charge in [0.15, 0.2) is 0 Å². The molecule has 0 aliphatic rings. The van der Waals surface area contributed by atoms with Gasteiger partial charge in [-0.15, -0.1) is 0 Å². The smallest absolute Gasteiger partial charge is 0.216 e. The first-order valence-electron chi connectivity index (χ1n) is 4.84. The monoisotopic (exact) mass is 335 g/mol. The van der Waals surface area contributed by atoms with Crippen molar-refractivity contribution in [1.29, 1.82) is 0 Å². The molecule has 1 amide bonds. The molecule has 2 N–H and O–H groups in total. The van der Waals surface area contributed by atoms with Crippen molar-refractivity contribution in [2.24, 2.45) is 0 Å². The number of phenolic OH excluding ortho intramolecular Hbond substituents is 1. The molecule has 0 aliphatic carbocycles. The summed E-state index contributed by atoms with van der Waals surface area (Å²) in [7, 11) is 1.59. The summed E-state index contributed by atoms with van der Waals surface area (Å²) in [5.41, 5.74) is 0.769. The van der Waals surface area contributed by atoms with Crippen LogP contribution >= 0.6 is 22.6 Å². The van der Waals surface area contributed by atoms with E-state index in [-0.39, 0.29) is 11.7 Å². The average Bonchev–Trinajstić information content (AvgIpc) is 2.20. The van der Waals surface area contributed by atoms with Gasteiger partial charge in [-0.1, -0.05) is 0 Å². The number of amides is 1. The number of carbonyl (C=O) groups is 1. The van der Waals surface area contributed by atoms with Crippen molar-refractivity contribution in [1.82, 2.24) is 5.32 Å². The third-order valence-electron chi connectivity index (χ3n) is 2.12. The van der Waals surface area contributed by atoms with Gasteiger partial charge in [-0.05, 0) is 46.7 Å². The van der Waals surface area contributed by atoms with Gasteiger partial charge in [-0.2, -0.15) is 0 Å². The van der Waals surface area contributed by atoms with E-state index in [1.165, 1.54) is 6.92 Å². The van der Waals surface area contributed by atoms with Gasteiger partial charge in [0.2, 0.25) is 5.91 Å². The van der Waals surface area contributed by atoms with E-state index < -0.39 is 0 Å². The Balaban J connectivity index is 2.75. The average molecular weight is 335 g/mol. The number of ether oxygens (including phenoxy) is 1. The number of hydrogen-bond acceptors (Lipinski definition) is 3. The Hall–Kier alpha value is -0.980. The fourth-order valence-corrected chi connectivity index (χ4v) is 1.99. The molecule has 0 radical (unpaired) electrons. The summed E-state index contributed by atoms with van der Waals surface area (Å²) < 4.78 is 6.02. The van der Waals surface area contributed by atoms with E-state index in [0.717, 1.165) is 14.9 Å². The zero-order valence-electron chi connectivity index (χ0n) is 9.21. The first kappa shape index (κ1) is 13.1. The molecule has 88 valence electrons. The van der Waals surface area contributed by atoms with E-state index in [9.17, 15) is 9.90 Å². The number of halogens is 1. The van der Waals surface area contributed by atoms with Gasteiger partial charge in [0, 0.05) is 13.5 Å². The molecule has 16 heavy (non-hydrogen) atoms.